The summed E-state index contributed by atoms with van der Waals surface area (Å²) in [5.41, 5.74) is -0.919. The van der Waals surface area contributed by atoms with Crippen LogP contribution in [0.15, 0.2) is 24.3 Å². The Labute approximate surface area is 223 Å². The van der Waals surface area contributed by atoms with E-state index in [4.69, 9.17) is 0 Å². The summed E-state index contributed by atoms with van der Waals surface area (Å²) in [6.07, 6.45) is -1.02. The number of carboxylic acid groups (broad SMARTS) is 2. The third-order valence-corrected chi connectivity index (χ3v) is 7.99. The Morgan fingerprint density at radius 3 is 1.38 bits per heavy atom. The maximum Gasteiger partial charge on any atom is 0.391 e. The lowest BCUT2D eigenvalue weighted by Crippen LogP contribution is -2.40. The van der Waals surface area contributed by atoms with Gasteiger partial charge in [0.05, 0.1) is 17.0 Å². The minimum atomic E-state index is -4.30. The maximum absolute atomic E-state index is 13.3. The van der Waals surface area contributed by atoms with Crippen LogP contribution in [-0.2, 0) is 0 Å². The fraction of sp³-hybridized carbons (Fsp3) is 0.500. The number of carbonyl (C=O) groups excluding carboxylic acids is 2. The number of alkyl halides is 3. The molecule has 0 spiro atoms. The summed E-state index contributed by atoms with van der Waals surface area (Å²) in [6.45, 7) is 2.13. The van der Waals surface area contributed by atoms with Gasteiger partial charge in [-0.2, -0.15) is 13.2 Å². The zero-order valence-electron chi connectivity index (χ0n) is 21.4. The van der Waals surface area contributed by atoms with Crippen molar-refractivity contribution in [1.29, 1.82) is 0 Å². The molecule has 0 bridgehead atoms. The molecule has 8 nitrogen and oxygen atoms in total. The van der Waals surface area contributed by atoms with E-state index in [0.717, 1.165) is 31.7 Å². The van der Waals surface area contributed by atoms with E-state index in [1.807, 2.05) is 0 Å². The van der Waals surface area contributed by atoms with E-state index in [1.165, 1.54) is 18.2 Å². The number of rotatable bonds is 6. The van der Waals surface area contributed by atoms with Crippen molar-refractivity contribution in [2.75, 3.05) is 0 Å². The Hall–Kier alpha value is -3.63. The number of carbonyl (C=O) groups is 4. The van der Waals surface area contributed by atoms with Crippen molar-refractivity contribution in [3.63, 3.8) is 0 Å². The summed E-state index contributed by atoms with van der Waals surface area (Å²) in [5.74, 6) is -5.03. The van der Waals surface area contributed by atoms with Crippen molar-refractivity contribution >= 4 is 34.5 Å². The van der Waals surface area contributed by atoms with Crippen molar-refractivity contribution in [3.05, 3.63) is 46.5 Å². The molecule has 2 aromatic carbocycles. The maximum atomic E-state index is 13.3. The largest absolute Gasteiger partial charge is 0.478 e. The zero-order valence-corrected chi connectivity index (χ0v) is 21.4. The molecule has 2 aliphatic rings. The highest BCUT2D eigenvalue weighted by Gasteiger charge is 2.41. The number of fused-ring (bicyclic) bond motifs is 1. The van der Waals surface area contributed by atoms with Gasteiger partial charge in [-0.25, -0.2) is 9.59 Å². The molecule has 0 saturated heterocycles. The first kappa shape index (κ1) is 28.4. The minimum absolute atomic E-state index is 0.0636. The first-order valence-electron chi connectivity index (χ1n) is 13.1. The highest BCUT2D eigenvalue weighted by molar-refractivity contribution is 6.23. The van der Waals surface area contributed by atoms with E-state index < -0.39 is 41.9 Å². The minimum Gasteiger partial charge on any atom is -0.478 e. The van der Waals surface area contributed by atoms with Gasteiger partial charge in [-0.05, 0) is 81.5 Å². The van der Waals surface area contributed by atoms with Crippen molar-refractivity contribution in [2.24, 2.45) is 11.8 Å². The quantitative estimate of drug-likeness (QED) is 0.382. The molecule has 0 aromatic heterocycles. The Balaban J connectivity index is 1.71. The van der Waals surface area contributed by atoms with E-state index >= 15 is 0 Å². The number of amides is 2. The van der Waals surface area contributed by atoms with Crippen molar-refractivity contribution in [3.8, 4) is 0 Å². The Morgan fingerprint density at radius 1 is 0.667 bits per heavy atom. The van der Waals surface area contributed by atoms with Gasteiger partial charge < -0.3 is 20.8 Å². The summed E-state index contributed by atoms with van der Waals surface area (Å²) in [7, 11) is 0. The first-order valence-corrected chi connectivity index (χ1v) is 13.1. The molecule has 2 saturated carbocycles. The van der Waals surface area contributed by atoms with Gasteiger partial charge in [-0.1, -0.05) is 6.92 Å². The number of nitrogens with one attached hydrogen (secondary N) is 2. The highest BCUT2D eigenvalue weighted by atomic mass is 19.4. The summed E-state index contributed by atoms with van der Waals surface area (Å²) >= 11 is 0. The second kappa shape index (κ2) is 11.2. The van der Waals surface area contributed by atoms with Crippen LogP contribution in [-0.4, -0.2) is 52.2 Å². The van der Waals surface area contributed by atoms with E-state index in [0.29, 0.717) is 5.92 Å². The molecule has 0 atom stereocenters. The molecule has 2 fully saturated rings. The topological polar surface area (TPSA) is 133 Å². The lowest BCUT2D eigenvalue weighted by atomic mass is 9.85. The number of benzene rings is 2. The fourth-order valence-electron chi connectivity index (χ4n) is 5.73. The molecule has 4 rings (SSSR count). The fourth-order valence-corrected chi connectivity index (χ4v) is 5.73. The third kappa shape index (κ3) is 6.17. The van der Waals surface area contributed by atoms with Crippen LogP contribution in [0.4, 0.5) is 13.2 Å². The number of carboxylic acids is 2. The van der Waals surface area contributed by atoms with Crippen LogP contribution >= 0.6 is 0 Å². The third-order valence-electron chi connectivity index (χ3n) is 7.99. The summed E-state index contributed by atoms with van der Waals surface area (Å²) < 4.78 is 39.1. The van der Waals surface area contributed by atoms with Gasteiger partial charge in [0.1, 0.15) is 0 Å². The van der Waals surface area contributed by atoms with Crippen LogP contribution in [0.1, 0.15) is 99.7 Å². The van der Waals surface area contributed by atoms with Gasteiger partial charge in [-0.3, -0.25) is 9.59 Å². The molecule has 11 heteroatoms. The smallest absolute Gasteiger partial charge is 0.391 e. The molecule has 0 aliphatic heterocycles. The lowest BCUT2D eigenvalue weighted by Gasteiger charge is -2.30. The van der Waals surface area contributed by atoms with E-state index in [1.54, 1.807) is 0 Å². The van der Waals surface area contributed by atoms with E-state index in [-0.39, 0.29) is 64.8 Å². The van der Waals surface area contributed by atoms with Crippen molar-refractivity contribution in [2.45, 2.75) is 76.6 Å². The number of hydrogen-bond donors (Lipinski definition) is 4. The van der Waals surface area contributed by atoms with Crippen LogP contribution in [0.25, 0.3) is 10.8 Å². The highest BCUT2D eigenvalue weighted by Crippen LogP contribution is 2.38. The van der Waals surface area contributed by atoms with Gasteiger partial charge in [0.15, 0.2) is 0 Å². The van der Waals surface area contributed by atoms with Gasteiger partial charge in [0, 0.05) is 34.0 Å². The van der Waals surface area contributed by atoms with Crippen molar-refractivity contribution < 1.29 is 42.6 Å². The number of hydrogen-bond acceptors (Lipinski definition) is 4. The SMILES string of the molecule is CC1CCC(NC(=O)c2ccc(C(=O)O)c3c(C(=O)N[C@H]4CC[C@H](C(F)(F)F)CC4)ccc(C(=O)O)c23)CC1. The monoisotopic (exact) mass is 548 g/mol. The average Bonchev–Trinajstić information content (AvgIpc) is 2.88. The molecule has 39 heavy (non-hydrogen) atoms. The average molecular weight is 549 g/mol. The van der Waals surface area contributed by atoms with Crippen molar-refractivity contribution in [1.82, 2.24) is 10.6 Å². The normalized spacial score (nSPS) is 23.7. The van der Waals surface area contributed by atoms with Gasteiger partial charge in [-0.15, -0.1) is 0 Å². The molecule has 4 N–H and O–H groups in total. The first-order chi connectivity index (χ1) is 18.4. The molecule has 0 radical (unpaired) electrons. The Kier molecular flexibility index (Phi) is 8.17. The molecule has 0 unspecified atom stereocenters. The van der Waals surface area contributed by atoms with Crippen LogP contribution in [0.2, 0.25) is 0 Å². The molecule has 2 aliphatic carbocycles. The van der Waals surface area contributed by atoms with Crippen LogP contribution < -0.4 is 10.6 Å². The van der Waals surface area contributed by atoms with Gasteiger partial charge >= 0.3 is 18.1 Å². The van der Waals surface area contributed by atoms with Gasteiger partial charge in [0.25, 0.3) is 11.8 Å². The zero-order chi connectivity index (χ0) is 28.5. The summed E-state index contributed by atoms with van der Waals surface area (Å²) in [6, 6.07) is 4.07. The number of aromatic carboxylic acids is 2. The molecular formula is C28H31F3N2O6. The summed E-state index contributed by atoms with van der Waals surface area (Å²) in [4.78, 5) is 50.9. The second-order valence-electron chi connectivity index (χ2n) is 10.7. The molecule has 2 aromatic rings. The predicted molar refractivity (Wildman–Crippen MR) is 136 cm³/mol. The Morgan fingerprint density at radius 2 is 1.03 bits per heavy atom. The second-order valence-corrected chi connectivity index (χ2v) is 10.7. The molecule has 2 amide bonds. The molecule has 210 valence electrons. The summed E-state index contributed by atoms with van der Waals surface area (Å²) in [5, 5.41) is 25.0. The number of halogens is 3. The van der Waals surface area contributed by atoms with E-state index in [9.17, 15) is 42.6 Å². The lowest BCUT2D eigenvalue weighted by molar-refractivity contribution is -0.182. The van der Waals surface area contributed by atoms with Crippen LogP contribution in [0.3, 0.4) is 0 Å². The predicted octanol–water partition coefficient (Wildman–Crippen LogP) is 5.40. The molecule has 0 heterocycles. The molecular weight excluding hydrogens is 517 g/mol. The van der Waals surface area contributed by atoms with E-state index in [2.05, 4.69) is 17.6 Å². The van der Waals surface area contributed by atoms with Crippen LogP contribution in [0.5, 0.6) is 0 Å². The standard InChI is InChI=1S/C28H31F3N2O6/c1-14-2-6-16(7-3-14)32-24(34)18-10-12-21(27(38)39)23-19(11-13-20(22(18)23)26(36)37)25(35)33-17-8-4-15(5-9-17)28(29,30)31/h10-17H,2-9H2,1H3,(H,32,34)(H,33,35)(H,36,37)(H,38,39)/t14?,15-,16?,17-. The van der Waals surface area contributed by atoms with Gasteiger partial charge in [0.2, 0.25) is 0 Å². The van der Waals surface area contributed by atoms with Crippen LogP contribution in [0, 0.1) is 11.8 Å². The Bertz CT molecular complexity index is 1290.